The molecule has 0 N–H and O–H groups in total. The van der Waals surface area contributed by atoms with Crippen molar-refractivity contribution in [3.05, 3.63) is 29.8 Å². The maximum atomic E-state index is 3.37. The summed E-state index contributed by atoms with van der Waals surface area (Å²) < 4.78 is 0. The topological polar surface area (TPSA) is 0 Å². The predicted octanol–water partition coefficient (Wildman–Crippen LogP) is 2.34. The van der Waals surface area contributed by atoms with Crippen molar-refractivity contribution < 1.29 is 0 Å². The van der Waals surface area contributed by atoms with Crippen LogP contribution in [0.2, 0.25) is 0 Å². The zero-order chi connectivity index (χ0) is 5.82. The minimum atomic E-state index is 1.07. The molecule has 0 saturated carbocycles. The zero-order valence-electron chi connectivity index (χ0n) is 4.60. The molecule has 0 radical (unpaired) electrons. The molecule has 0 aliphatic carbocycles. The largest absolute Gasteiger partial charge is 0.211 e. The summed E-state index contributed by atoms with van der Waals surface area (Å²) in [6.07, 6.45) is 1.15. The fourth-order valence-corrected chi connectivity index (χ4v) is 1.15. The molecule has 1 aromatic rings. The van der Waals surface area contributed by atoms with Gasteiger partial charge in [0.2, 0.25) is 0 Å². The highest BCUT2D eigenvalue weighted by Gasteiger charge is 1.77. The van der Waals surface area contributed by atoms with Gasteiger partial charge in [0, 0.05) is 0 Å². The quantitative estimate of drug-likeness (QED) is 0.474. The lowest BCUT2D eigenvalue weighted by Crippen LogP contribution is -1.78. The molecule has 0 aliphatic rings. The van der Waals surface area contributed by atoms with Crippen LogP contribution in [0, 0.1) is 0 Å². The highest BCUT2D eigenvalue weighted by molar-refractivity contribution is 9.09. The maximum absolute atomic E-state index is 3.37. The number of aryl methyl sites for hydroxylation is 1. The van der Waals surface area contributed by atoms with E-state index in [1.54, 1.807) is 0 Å². The van der Waals surface area contributed by atoms with Crippen LogP contribution in [0.1, 0.15) is 5.56 Å². The Balaban J connectivity index is 2.50. The lowest BCUT2D eigenvalue weighted by molar-refractivity contribution is 1.18. The van der Waals surface area contributed by atoms with Gasteiger partial charge in [-0.2, -0.15) is 23.8 Å². The van der Waals surface area contributed by atoms with Gasteiger partial charge in [-0.25, -0.2) is 6.07 Å². The summed E-state index contributed by atoms with van der Waals surface area (Å²) in [5.41, 5.74) is 1.42. The Morgan fingerprint density at radius 1 is 1.62 bits per heavy atom. The molecule has 1 heteroatoms. The van der Waals surface area contributed by atoms with Gasteiger partial charge in [0.25, 0.3) is 0 Å². The molecule has 0 unspecified atom stereocenters. The van der Waals surface area contributed by atoms with Gasteiger partial charge in [-0.15, -0.1) is 0 Å². The number of alkyl halides is 1. The SMILES string of the molecule is BrCCc1cc[cH-]c1. The minimum absolute atomic E-state index is 1.07. The van der Waals surface area contributed by atoms with E-state index in [9.17, 15) is 0 Å². The van der Waals surface area contributed by atoms with Crippen LogP contribution in [0.5, 0.6) is 0 Å². The van der Waals surface area contributed by atoms with Crippen molar-refractivity contribution in [3.8, 4) is 0 Å². The molecule has 0 atom stereocenters. The summed E-state index contributed by atoms with van der Waals surface area (Å²) in [7, 11) is 0. The molecule has 0 amide bonds. The molecule has 0 aliphatic heterocycles. The van der Waals surface area contributed by atoms with E-state index in [0.717, 1.165) is 11.8 Å². The molecule has 44 valence electrons. The van der Waals surface area contributed by atoms with Gasteiger partial charge in [-0.3, -0.25) is 0 Å². The molecule has 0 nitrogen and oxygen atoms in total. The summed E-state index contributed by atoms with van der Waals surface area (Å²) in [4.78, 5) is 0. The molecular weight excluding hydrogens is 164 g/mol. The normalized spacial score (nSPS) is 9.62. The highest BCUT2D eigenvalue weighted by Crippen LogP contribution is 2.01. The van der Waals surface area contributed by atoms with Gasteiger partial charge in [0.1, 0.15) is 0 Å². The third-order valence-corrected chi connectivity index (χ3v) is 1.51. The molecule has 0 heterocycles. The zero-order valence-corrected chi connectivity index (χ0v) is 6.19. The molecule has 0 fully saturated rings. The summed E-state index contributed by atoms with van der Waals surface area (Å²) >= 11 is 3.37. The standard InChI is InChI=1S/C7H8Br/c8-6-5-7-3-1-2-4-7/h1-4H,5-6H2/q-1. The van der Waals surface area contributed by atoms with Crippen molar-refractivity contribution in [1.82, 2.24) is 0 Å². The summed E-state index contributed by atoms with van der Waals surface area (Å²) in [5, 5.41) is 1.07. The van der Waals surface area contributed by atoms with E-state index in [4.69, 9.17) is 0 Å². The Hall–Kier alpha value is -0.170. The van der Waals surface area contributed by atoms with E-state index in [2.05, 4.69) is 40.2 Å². The Morgan fingerprint density at radius 2 is 2.50 bits per heavy atom. The highest BCUT2D eigenvalue weighted by atomic mass is 79.9. The van der Waals surface area contributed by atoms with E-state index < -0.39 is 0 Å². The second kappa shape index (κ2) is 2.98. The first-order valence-corrected chi connectivity index (χ1v) is 3.82. The molecule has 8 heavy (non-hydrogen) atoms. The molecule has 0 aromatic heterocycles. The van der Waals surface area contributed by atoms with Crippen molar-refractivity contribution in [2.24, 2.45) is 0 Å². The van der Waals surface area contributed by atoms with E-state index in [1.807, 2.05) is 0 Å². The lowest BCUT2D eigenvalue weighted by atomic mass is 10.3. The molecule has 1 rings (SSSR count). The third-order valence-electron chi connectivity index (χ3n) is 1.11. The third kappa shape index (κ3) is 1.41. The molecule has 0 bridgehead atoms. The maximum Gasteiger partial charge on any atom is -0.00426 e. The summed E-state index contributed by atoms with van der Waals surface area (Å²) in [6.45, 7) is 0. The van der Waals surface area contributed by atoms with Crippen molar-refractivity contribution in [3.63, 3.8) is 0 Å². The number of hydrogen-bond acceptors (Lipinski definition) is 0. The molecule has 0 saturated heterocycles. The van der Waals surface area contributed by atoms with E-state index in [1.165, 1.54) is 5.56 Å². The molecule has 1 aromatic carbocycles. The Morgan fingerprint density at radius 3 is 3.00 bits per heavy atom. The summed E-state index contributed by atoms with van der Waals surface area (Å²) in [5.74, 6) is 0. The Bertz CT molecular complexity index is 130. The fourth-order valence-electron chi connectivity index (χ4n) is 0.690. The van der Waals surface area contributed by atoms with Crippen molar-refractivity contribution in [1.29, 1.82) is 0 Å². The second-order valence-electron chi connectivity index (χ2n) is 1.73. The lowest BCUT2D eigenvalue weighted by Gasteiger charge is -1.95. The van der Waals surface area contributed by atoms with Crippen LogP contribution in [0.15, 0.2) is 24.3 Å². The summed E-state index contributed by atoms with van der Waals surface area (Å²) in [6, 6.07) is 8.42. The van der Waals surface area contributed by atoms with Crippen LogP contribution in [0.25, 0.3) is 0 Å². The van der Waals surface area contributed by atoms with Crippen LogP contribution in [0.3, 0.4) is 0 Å². The average Bonchev–Trinajstić information content (AvgIpc) is 2.19. The van der Waals surface area contributed by atoms with Crippen molar-refractivity contribution in [2.75, 3.05) is 5.33 Å². The van der Waals surface area contributed by atoms with Gasteiger partial charge in [-0.05, 0) is 5.33 Å². The van der Waals surface area contributed by atoms with Crippen molar-refractivity contribution in [2.45, 2.75) is 6.42 Å². The van der Waals surface area contributed by atoms with Gasteiger partial charge < -0.3 is 0 Å². The minimum Gasteiger partial charge on any atom is -0.211 e. The van der Waals surface area contributed by atoms with E-state index in [0.29, 0.717) is 0 Å². The van der Waals surface area contributed by atoms with Gasteiger partial charge in [-0.1, -0.05) is 22.4 Å². The molecule has 0 spiro atoms. The van der Waals surface area contributed by atoms with Crippen LogP contribution in [-0.4, -0.2) is 5.33 Å². The van der Waals surface area contributed by atoms with E-state index >= 15 is 0 Å². The number of halogens is 1. The molecular formula is C7H8Br-. The fraction of sp³-hybridized carbons (Fsp3) is 0.286. The first-order chi connectivity index (χ1) is 3.93. The van der Waals surface area contributed by atoms with Crippen LogP contribution < -0.4 is 0 Å². The van der Waals surface area contributed by atoms with E-state index in [-0.39, 0.29) is 0 Å². The van der Waals surface area contributed by atoms with Gasteiger partial charge in [0.05, 0.1) is 0 Å². The first kappa shape index (κ1) is 5.96. The van der Waals surface area contributed by atoms with Crippen LogP contribution in [0.4, 0.5) is 0 Å². The predicted molar refractivity (Wildman–Crippen MR) is 39.5 cm³/mol. The van der Waals surface area contributed by atoms with Crippen molar-refractivity contribution >= 4 is 15.9 Å². The van der Waals surface area contributed by atoms with Crippen LogP contribution >= 0.6 is 15.9 Å². The Labute approximate surface area is 58.0 Å². The number of hydrogen-bond donors (Lipinski definition) is 0. The van der Waals surface area contributed by atoms with Gasteiger partial charge in [0.15, 0.2) is 0 Å². The van der Waals surface area contributed by atoms with Gasteiger partial charge >= 0.3 is 0 Å². The first-order valence-electron chi connectivity index (χ1n) is 2.70. The van der Waals surface area contributed by atoms with Crippen LogP contribution in [-0.2, 0) is 6.42 Å². The average molecular weight is 172 g/mol. The Kier molecular flexibility index (Phi) is 2.22. The second-order valence-corrected chi connectivity index (χ2v) is 2.53. The smallest absolute Gasteiger partial charge is 0.00426 e. The monoisotopic (exact) mass is 171 g/mol. The number of rotatable bonds is 2.